The van der Waals surface area contributed by atoms with Gasteiger partial charge >= 0.3 is 35.5 Å². The van der Waals surface area contributed by atoms with Crippen molar-refractivity contribution in [2.45, 2.75) is 12.8 Å². The molecule has 0 unspecified atom stereocenters. The first kappa shape index (κ1) is 21.5. The zero-order valence-electron chi connectivity index (χ0n) is 15.9. The van der Waals surface area contributed by atoms with Gasteiger partial charge in [-0.3, -0.25) is 4.79 Å². The van der Waals surface area contributed by atoms with E-state index in [4.69, 9.17) is 9.84 Å². The van der Waals surface area contributed by atoms with E-state index in [1.54, 1.807) is 0 Å². The monoisotopic (exact) mass is 433 g/mol. The van der Waals surface area contributed by atoms with Gasteiger partial charge in [0.15, 0.2) is 0 Å². The minimum Gasteiger partial charge on any atom is -1.00 e. The van der Waals surface area contributed by atoms with Crippen LogP contribution in [0.15, 0.2) is 59.1 Å². The van der Waals surface area contributed by atoms with Crippen molar-refractivity contribution in [1.82, 2.24) is 4.98 Å². The van der Waals surface area contributed by atoms with E-state index in [1.165, 1.54) is 0 Å². The fraction of sp³-hybridized carbons (Fsp3) is 0.143. The fourth-order valence-electron chi connectivity index (χ4n) is 2.37. The molecule has 27 heavy (non-hydrogen) atoms. The second-order valence-corrected chi connectivity index (χ2v) is 6.57. The van der Waals surface area contributed by atoms with Crippen molar-refractivity contribution in [1.29, 1.82) is 0 Å². The summed E-state index contributed by atoms with van der Waals surface area (Å²) < 4.78 is 6.55. The van der Waals surface area contributed by atoms with Crippen molar-refractivity contribution in [2.75, 3.05) is 6.61 Å². The van der Waals surface area contributed by atoms with Gasteiger partial charge in [-0.2, -0.15) is 0 Å². The average molecular weight is 434 g/mol. The quantitative estimate of drug-likeness (QED) is 0.378. The molecular weight excluding hydrogens is 417 g/mol. The second-order valence-electron chi connectivity index (χ2n) is 5.66. The Labute approximate surface area is 189 Å². The molecule has 4 nitrogen and oxygen atoms in total. The van der Waals surface area contributed by atoms with E-state index in [0.717, 1.165) is 20.9 Å². The predicted molar refractivity (Wildman–Crippen MR) is 105 cm³/mol. The predicted octanol–water partition coefficient (Wildman–Crippen LogP) is 1.76. The van der Waals surface area contributed by atoms with Crippen molar-refractivity contribution < 1.29 is 45.6 Å². The van der Waals surface area contributed by atoms with Gasteiger partial charge in [-0.15, -0.1) is 0 Å². The number of rotatable bonds is 5. The number of hydrogen-bond acceptors (Lipinski definition) is 3. The minimum atomic E-state index is -0.817. The van der Waals surface area contributed by atoms with Crippen molar-refractivity contribution in [3.63, 3.8) is 0 Å². The van der Waals surface area contributed by atoms with E-state index in [9.17, 15) is 4.79 Å². The molecule has 3 aromatic rings. The average Bonchev–Trinajstić information content (AvgIpc) is 2.63. The number of ether oxygens (including phenoxy) is 1. The van der Waals surface area contributed by atoms with Crippen molar-refractivity contribution in [3.8, 4) is 17.6 Å². The molecule has 2 aromatic carbocycles. The van der Waals surface area contributed by atoms with Crippen LogP contribution in [0.1, 0.15) is 25.5 Å². The molecular formula is C21H17BrNNaO3. The van der Waals surface area contributed by atoms with Crippen LogP contribution in [0.4, 0.5) is 0 Å². The van der Waals surface area contributed by atoms with Gasteiger partial charge in [-0.25, -0.2) is 4.98 Å². The number of benzene rings is 2. The third-order valence-corrected chi connectivity index (χ3v) is 4.12. The number of halogens is 1. The Hall–Kier alpha value is -1.84. The molecule has 1 N–H and O–H groups in total. The van der Waals surface area contributed by atoms with E-state index in [2.05, 4.69) is 32.8 Å². The van der Waals surface area contributed by atoms with E-state index in [-0.39, 0.29) is 37.4 Å². The number of hydrogen-bond donors (Lipinski definition) is 1. The van der Waals surface area contributed by atoms with Crippen LogP contribution in [-0.4, -0.2) is 22.7 Å². The third kappa shape index (κ3) is 6.67. The Bertz CT molecular complexity index is 1020. The van der Waals surface area contributed by atoms with Gasteiger partial charge in [0, 0.05) is 21.8 Å². The summed E-state index contributed by atoms with van der Waals surface area (Å²) in [6.45, 7) is 0.365. The van der Waals surface area contributed by atoms with Gasteiger partial charge in [-0.05, 0) is 48.7 Å². The van der Waals surface area contributed by atoms with Crippen LogP contribution in [0.3, 0.4) is 0 Å². The summed E-state index contributed by atoms with van der Waals surface area (Å²) in [5.41, 5.74) is 2.40. The maximum Gasteiger partial charge on any atom is 1.00 e. The maximum absolute atomic E-state index is 10.5. The number of aromatic nitrogens is 1. The normalized spacial score (nSPS) is 9.81. The topological polar surface area (TPSA) is 59.4 Å². The Morgan fingerprint density at radius 3 is 2.78 bits per heavy atom. The van der Waals surface area contributed by atoms with Crippen LogP contribution in [0.5, 0.6) is 5.75 Å². The molecule has 0 radical (unpaired) electrons. The number of nitrogens with zero attached hydrogens (tertiary/aromatic N) is 1. The summed E-state index contributed by atoms with van der Waals surface area (Å²) in [5.74, 6) is 6.03. The summed E-state index contributed by atoms with van der Waals surface area (Å²) in [4.78, 5) is 15.1. The summed E-state index contributed by atoms with van der Waals surface area (Å²) >= 11 is 3.45. The molecule has 132 valence electrons. The number of aliphatic carboxylic acids is 1. The van der Waals surface area contributed by atoms with E-state index >= 15 is 0 Å². The van der Waals surface area contributed by atoms with Gasteiger partial charge in [-0.1, -0.05) is 40.0 Å². The molecule has 0 fully saturated rings. The Kier molecular flexibility index (Phi) is 8.33. The fourth-order valence-corrected chi connectivity index (χ4v) is 2.72. The van der Waals surface area contributed by atoms with Gasteiger partial charge in [0.25, 0.3) is 0 Å². The number of carboxylic acids is 1. The molecule has 6 heteroatoms. The van der Waals surface area contributed by atoms with Crippen molar-refractivity contribution in [3.05, 3.63) is 70.3 Å². The number of carboxylic acid groups (broad SMARTS) is 1. The maximum atomic E-state index is 10.5. The molecule has 0 aliphatic carbocycles. The smallest absolute Gasteiger partial charge is 1.00 e. The molecule has 0 bridgehead atoms. The Morgan fingerprint density at radius 1 is 1.15 bits per heavy atom. The Morgan fingerprint density at radius 2 is 1.96 bits per heavy atom. The van der Waals surface area contributed by atoms with Gasteiger partial charge < -0.3 is 11.3 Å². The molecule has 0 aliphatic heterocycles. The molecule has 3 rings (SSSR count). The molecule has 1 heterocycles. The zero-order chi connectivity index (χ0) is 18.4. The van der Waals surface area contributed by atoms with Crippen LogP contribution < -0.4 is 34.3 Å². The molecule has 1 aromatic heterocycles. The minimum absolute atomic E-state index is 0. The Balaban J connectivity index is 0.00000196. The van der Waals surface area contributed by atoms with Crippen LogP contribution in [0.2, 0.25) is 0 Å². The molecule has 0 spiro atoms. The van der Waals surface area contributed by atoms with Crippen molar-refractivity contribution >= 4 is 32.8 Å². The largest absolute Gasteiger partial charge is 1.00 e. The summed E-state index contributed by atoms with van der Waals surface area (Å²) in [6, 6.07) is 17.3. The first-order valence-corrected chi connectivity index (χ1v) is 8.92. The SMILES string of the molecule is O=C(O)CCCOc1cccc(C#Cc2ccc3ccc(Br)cc3n2)c1.[H-].[Na+]. The first-order valence-electron chi connectivity index (χ1n) is 8.13. The van der Waals surface area contributed by atoms with Crippen LogP contribution in [-0.2, 0) is 4.79 Å². The van der Waals surface area contributed by atoms with Crippen LogP contribution >= 0.6 is 15.9 Å². The molecule has 0 atom stereocenters. The molecule has 0 saturated heterocycles. The number of carbonyl (C=O) groups is 1. The molecule has 0 amide bonds. The summed E-state index contributed by atoms with van der Waals surface area (Å²) in [7, 11) is 0. The van der Waals surface area contributed by atoms with Gasteiger partial charge in [0.05, 0.1) is 12.1 Å². The first-order chi connectivity index (χ1) is 12.6. The summed E-state index contributed by atoms with van der Waals surface area (Å²) in [6.07, 6.45) is 0.574. The second kappa shape index (κ2) is 10.5. The van der Waals surface area contributed by atoms with Gasteiger partial charge in [0.2, 0.25) is 0 Å². The van der Waals surface area contributed by atoms with Crippen LogP contribution in [0, 0.1) is 11.8 Å². The van der Waals surface area contributed by atoms with Crippen molar-refractivity contribution in [2.24, 2.45) is 0 Å². The standard InChI is InChI=1S/C21H16BrNO3.Na.H/c22-17-9-7-16-8-11-18(23-20(16)14-17)10-6-15-3-1-4-19(13-15)26-12-2-5-21(24)25;;/h1,3-4,7-9,11,13-14H,2,5,12H2,(H,24,25);;/q;+1;-1. The van der Waals surface area contributed by atoms with E-state index < -0.39 is 5.97 Å². The number of fused-ring (bicyclic) bond motifs is 1. The molecule has 0 saturated carbocycles. The van der Waals surface area contributed by atoms with Gasteiger partial charge in [0.1, 0.15) is 11.4 Å². The van der Waals surface area contributed by atoms with E-state index in [1.807, 2.05) is 54.6 Å². The molecule has 0 aliphatic rings. The van der Waals surface area contributed by atoms with E-state index in [0.29, 0.717) is 24.5 Å². The summed E-state index contributed by atoms with van der Waals surface area (Å²) in [5, 5.41) is 9.70. The number of pyridine rings is 1. The zero-order valence-corrected chi connectivity index (χ0v) is 18.5. The third-order valence-electron chi connectivity index (χ3n) is 3.63. The van der Waals surface area contributed by atoms with Crippen LogP contribution in [0.25, 0.3) is 10.9 Å².